The topological polar surface area (TPSA) is 58.6 Å². The number of carbonyl (C=O) groups is 2. The first-order valence-electron chi connectivity index (χ1n) is 8.39. The van der Waals surface area contributed by atoms with E-state index < -0.39 is 0 Å². The van der Waals surface area contributed by atoms with Gasteiger partial charge in [-0.25, -0.2) is 4.79 Å². The fraction of sp³-hybridized carbons (Fsp3) is 0.368. The summed E-state index contributed by atoms with van der Waals surface area (Å²) in [6.07, 6.45) is 1.26. The van der Waals surface area contributed by atoms with Gasteiger partial charge in [0.2, 0.25) is 5.91 Å². The number of anilines is 1. The number of hydrogen-bond donors (Lipinski definition) is 1. The number of benzene rings is 2. The van der Waals surface area contributed by atoms with Crippen LogP contribution in [0.2, 0.25) is 0 Å². The lowest BCUT2D eigenvalue weighted by atomic mass is 9.97. The fourth-order valence-electron chi connectivity index (χ4n) is 3.14. The summed E-state index contributed by atoms with van der Waals surface area (Å²) in [6, 6.07) is 13.8. The van der Waals surface area contributed by atoms with E-state index in [4.69, 9.17) is 4.74 Å². The van der Waals surface area contributed by atoms with Crippen LogP contribution in [-0.4, -0.2) is 36.6 Å². The second-order valence-electron chi connectivity index (χ2n) is 6.00. The van der Waals surface area contributed by atoms with Gasteiger partial charge >= 0.3 is 6.09 Å². The van der Waals surface area contributed by atoms with Gasteiger partial charge in [0.1, 0.15) is 0 Å². The van der Waals surface area contributed by atoms with Crippen LogP contribution in [0.5, 0.6) is 0 Å². The molecule has 2 aromatic rings. The molecule has 1 N–H and O–H groups in total. The molecule has 24 heavy (non-hydrogen) atoms. The van der Waals surface area contributed by atoms with Gasteiger partial charge in [0.15, 0.2) is 0 Å². The third-order valence-electron chi connectivity index (χ3n) is 4.37. The SMILES string of the molecule is CCOC(=O)N1CCCC(C(=O)Nc2cccc3ccccc23)C1. The smallest absolute Gasteiger partial charge is 0.409 e. The molecule has 1 heterocycles. The zero-order valence-electron chi connectivity index (χ0n) is 13.8. The highest BCUT2D eigenvalue weighted by atomic mass is 16.6. The van der Waals surface area contributed by atoms with E-state index in [1.54, 1.807) is 11.8 Å². The maximum Gasteiger partial charge on any atom is 0.409 e. The monoisotopic (exact) mass is 326 g/mol. The standard InChI is InChI=1S/C19H22N2O3/c1-2-24-19(23)21-12-6-9-15(13-21)18(22)20-17-11-5-8-14-7-3-4-10-16(14)17/h3-5,7-8,10-11,15H,2,6,9,12-13H2,1H3,(H,20,22). The van der Waals surface area contributed by atoms with Crippen molar-refractivity contribution in [1.29, 1.82) is 0 Å². The first-order chi connectivity index (χ1) is 11.7. The van der Waals surface area contributed by atoms with Crippen LogP contribution < -0.4 is 5.32 Å². The molecule has 1 aliphatic rings. The predicted octanol–water partition coefficient (Wildman–Crippen LogP) is 3.65. The third kappa shape index (κ3) is 3.50. The van der Waals surface area contributed by atoms with E-state index >= 15 is 0 Å². The van der Waals surface area contributed by atoms with Crippen LogP contribution in [0.3, 0.4) is 0 Å². The van der Waals surface area contributed by atoms with E-state index in [9.17, 15) is 9.59 Å². The number of ether oxygens (including phenoxy) is 1. The molecule has 0 aromatic heterocycles. The Morgan fingerprint density at radius 2 is 2.00 bits per heavy atom. The molecule has 2 aromatic carbocycles. The lowest BCUT2D eigenvalue weighted by Gasteiger charge is -2.31. The van der Waals surface area contributed by atoms with Crippen molar-refractivity contribution >= 4 is 28.5 Å². The van der Waals surface area contributed by atoms with Crippen LogP contribution in [0.25, 0.3) is 10.8 Å². The number of carbonyl (C=O) groups excluding carboxylic acids is 2. The summed E-state index contributed by atoms with van der Waals surface area (Å²) in [5.41, 5.74) is 0.811. The molecule has 0 spiro atoms. The highest BCUT2D eigenvalue weighted by Gasteiger charge is 2.29. The summed E-state index contributed by atoms with van der Waals surface area (Å²) in [5.74, 6) is -0.248. The Morgan fingerprint density at radius 1 is 1.21 bits per heavy atom. The van der Waals surface area contributed by atoms with Gasteiger partial charge < -0.3 is 15.0 Å². The van der Waals surface area contributed by atoms with Crippen molar-refractivity contribution in [3.8, 4) is 0 Å². The minimum absolute atomic E-state index is 0.0413. The first-order valence-corrected chi connectivity index (χ1v) is 8.39. The summed E-state index contributed by atoms with van der Waals surface area (Å²) in [5, 5.41) is 5.14. The van der Waals surface area contributed by atoms with Gasteiger partial charge in [-0.1, -0.05) is 36.4 Å². The molecule has 0 bridgehead atoms. The highest BCUT2D eigenvalue weighted by molar-refractivity contribution is 6.02. The summed E-state index contributed by atoms with van der Waals surface area (Å²) in [7, 11) is 0. The molecule has 0 aliphatic carbocycles. The predicted molar refractivity (Wildman–Crippen MR) is 93.9 cm³/mol. The van der Waals surface area contributed by atoms with Gasteiger partial charge in [-0.15, -0.1) is 0 Å². The van der Waals surface area contributed by atoms with Crippen molar-refractivity contribution in [2.24, 2.45) is 5.92 Å². The lowest BCUT2D eigenvalue weighted by molar-refractivity contribution is -0.121. The Bertz CT molecular complexity index is 739. The van der Waals surface area contributed by atoms with Crippen molar-refractivity contribution in [3.63, 3.8) is 0 Å². The molecule has 2 amide bonds. The Kier molecular flexibility index (Phi) is 4.99. The Morgan fingerprint density at radius 3 is 2.83 bits per heavy atom. The van der Waals surface area contributed by atoms with Crippen LogP contribution in [0.15, 0.2) is 42.5 Å². The molecule has 1 saturated heterocycles. The molecule has 1 unspecified atom stereocenters. The summed E-state index contributed by atoms with van der Waals surface area (Å²) in [4.78, 5) is 26.1. The number of likely N-dealkylation sites (tertiary alicyclic amines) is 1. The fourth-order valence-corrected chi connectivity index (χ4v) is 3.14. The van der Waals surface area contributed by atoms with Gasteiger partial charge in [-0.05, 0) is 31.2 Å². The number of piperidine rings is 1. The van der Waals surface area contributed by atoms with Crippen molar-refractivity contribution in [2.75, 3.05) is 25.0 Å². The van der Waals surface area contributed by atoms with E-state index in [2.05, 4.69) is 5.32 Å². The van der Waals surface area contributed by atoms with Crippen LogP contribution in [-0.2, 0) is 9.53 Å². The maximum absolute atomic E-state index is 12.6. The van der Waals surface area contributed by atoms with Gasteiger partial charge in [0.05, 0.1) is 12.5 Å². The van der Waals surface area contributed by atoms with E-state index in [1.807, 2.05) is 42.5 Å². The minimum atomic E-state index is -0.333. The summed E-state index contributed by atoms with van der Waals surface area (Å²) in [6.45, 7) is 3.20. The average Bonchev–Trinajstić information content (AvgIpc) is 2.62. The molecule has 1 atom stereocenters. The molecule has 126 valence electrons. The minimum Gasteiger partial charge on any atom is -0.450 e. The molecule has 5 heteroatoms. The van der Waals surface area contributed by atoms with Crippen LogP contribution in [0.1, 0.15) is 19.8 Å². The average molecular weight is 326 g/mol. The van der Waals surface area contributed by atoms with Gasteiger partial charge in [-0.2, -0.15) is 0 Å². The molecule has 5 nitrogen and oxygen atoms in total. The van der Waals surface area contributed by atoms with E-state index in [0.29, 0.717) is 19.7 Å². The van der Waals surface area contributed by atoms with Crippen LogP contribution in [0, 0.1) is 5.92 Å². The molecule has 3 rings (SSSR count). The number of nitrogens with one attached hydrogen (secondary N) is 1. The van der Waals surface area contributed by atoms with E-state index in [-0.39, 0.29) is 17.9 Å². The number of nitrogens with zero attached hydrogens (tertiary/aromatic N) is 1. The maximum atomic E-state index is 12.6. The Hall–Kier alpha value is -2.56. The van der Waals surface area contributed by atoms with Crippen molar-refractivity contribution in [1.82, 2.24) is 4.90 Å². The molecule has 0 radical (unpaired) electrons. The van der Waals surface area contributed by atoms with Crippen molar-refractivity contribution < 1.29 is 14.3 Å². The normalized spacial score (nSPS) is 17.5. The Balaban J connectivity index is 1.71. The number of rotatable bonds is 3. The first kappa shape index (κ1) is 16.3. The van der Waals surface area contributed by atoms with E-state index in [0.717, 1.165) is 29.3 Å². The van der Waals surface area contributed by atoms with Crippen molar-refractivity contribution in [3.05, 3.63) is 42.5 Å². The molecule has 1 aliphatic heterocycles. The zero-order valence-corrected chi connectivity index (χ0v) is 13.8. The van der Waals surface area contributed by atoms with Crippen molar-refractivity contribution in [2.45, 2.75) is 19.8 Å². The van der Waals surface area contributed by atoms with Crippen LogP contribution >= 0.6 is 0 Å². The quantitative estimate of drug-likeness (QED) is 0.936. The number of amides is 2. The summed E-state index contributed by atoms with van der Waals surface area (Å²) < 4.78 is 5.04. The lowest BCUT2D eigenvalue weighted by Crippen LogP contribution is -2.44. The molecule has 0 saturated carbocycles. The molecular formula is C19H22N2O3. The van der Waals surface area contributed by atoms with Gasteiger partial charge in [-0.3, -0.25) is 4.79 Å². The van der Waals surface area contributed by atoms with Gasteiger partial charge in [0.25, 0.3) is 0 Å². The largest absolute Gasteiger partial charge is 0.450 e. The number of fused-ring (bicyclic) bond motifs is 1. The summed E-state index contributed by atoms with van der Waals surface area (Å²) >= 11 is 0. The zero-order chi connectivity index (χ0) is 16.9. The molecule has 1 fully saturated rings. The van der Waals surface area contributed by atoms with Crippen LogP contribution in [0.4, 0.5) is 10.5 Å². The third-order valence-corrected chi connectivity index (χ3v) is 4.37. The number of hydrogen-bond acceptors (Lipinski definition) is 3. The Labute approximate surface area is 141 Å². The second-order valence-corrected chi connectivity index (χ2v) is 6.00. The van der Waals surface area contributed by atoms with Gasteiger partial charge in [0, 0.05) is 24.2 Å². The second kappa shape index (κ2) is 7.34. The van der Waals surface area contributed by atoms with E-state index in [1.165, 1.54) is 0 Å². The highest BCUT2D eigenvalue weighted by Crippen LogP contribution is 2.25. The molecular weight excluding hydrogens is 304 g/mol.